The van der Waals surface area contributed by atoms with Crippen LogP contribution >= 0.6 is 0 Å². The molecule has 0 aliphatic heterocycles. The van der Waals surface area contributed by atoms with Crippen molar-refractivity contribution < 1.29 is 4.74 Å². The molecule has 3 nitrogen and oxygen atoms in total. The van der Waals surface area contributed by atoms with Crippen LogP contribution in [0.3, 0.4) is 0 Å². The molecule has 0 heterocycles. The highest BCUT2D eigenvalue weighted by Gasteiger charge is 2.05. The summed E-state index contributed by atoms with van der Waals surface area (Å²) in [6.07, 6.45) is 0. The van der Waals surface area contributed by atoms with Crippen molar-refractivity contribution in [2.45, 2.75) is 26.4 Å². The minimum Gasteiger partial charge on any atom is -0.489 e. The number of rotatable bonds is 5. The summed E-state index contributed by atoms with van der Waals surface area (Å²) in [7, 11) is 0. The smallest absolute Gasteiger partial charge is 0.123 e. The fraction of sp³-hybridized carbons (Fsp3) is 0.235. The Balaban J connectivity index is 2.07. The Kier molecular flexibility index (Phi) is 4.41. The van der Waals surface area contributed by atoms with Gasteiger partial charge >= 0.3 is 0 Å². The predicted octanol–water partition coefficient (Wildman–Crippen LogP) is 3.67. The zero-order valence-electron chi connectivity index (χ0n) is 11.9. The van der Waals surface area contributed by atoms with Gasteiger partial charge in [0.2, 0.25) is 0 Å². The SMILES string of the molecule is CC(C)c1ccc(OCc2ccccc2C(=N)N)cc1. The molecule has 0 aliphatic rings. The van der Waals surface area contributed by atoms with E-state index >= 15 is 0 Å². The molecule has 0 spiro atoms. The summed E-state index contributed by atoms with van der Waals surface area (Å²) >= 11 is 0. The van der Waals surface area contributed by atoms with E-state index in [1.807, 2.05) is 36.4 Å². The second-order valence-electron chi connectivity index (χ2n) is 5.08. The van der Waals surface area contributed by atoms with E-state index in [-0.39, 0.29) is 5.84 Å². The van der Waals surface area contributed by atoms with Crippen LogP contribution in [-0.4, -0.2) is 5.84 Å². The standard InChI is InChI=1S/C17H20N2O/c1-12(2)13-7-9-15(10-8-13)20-11-14-5-3-4-6-16(14)17(18)19/h3-10,12H,11H2,1-2H3,(H3,18,19). The molecule has 0 bridgehead atoms. The first-order valence-corrected chi connectivity index (χ1v) is 6.73. The highest BCUT2D eigenvalue weighted by atomic mass is 16.5. The Morgan fingerprint density at radius 3 is 2.35 bits per heavy atom. The summed E-state index contributed by atoms with van der Waals surface area (Å²) in [5.41, 5.74) is 8.51. The molecule has 3 heteroatoms. The van der Waals surface area contributed by atoms with Crippen molar-refractivity contribution in [3.05, 3.63) is 65.2 Å². The van der Waals surface area contributed by atoms with E-state index < -0.39 is 0 Å². The Bertz CT molecular complexity index is 588. The van der Waals surface area contributed by atoms with Crippen LogP contribution in [0.2, 0.25) is 0 Å². The number of ether oxygens (including phenoxy) is 1. The predicted molar refractivity (Wildman–Crippen MR) is 82.3 cm³/mol. The van der Waals surface area contributed by atoms with Gasteiger partial charge in [0.05, 0.1) is 0 Å². The van der Waals surface area contributed by atoms with Gasteiger partial charge in [-0.2, -0.15) is 0 Å². The van der Waals surface area contributed by atoms with Crippen molar-refractivity contribution in [2.75, 3.05) is 0 Å². The normalized spacial score (nSPS) is 10.6. The average Bonchev–Trinajstić information content (AvgIpc) is 2.45. The molecule has 20 heavy (non-hydrogen) atoms. The van der Waals surface area contributed by atoms with E-state index in [0.717, 1.165) is 16.9 Å². The third-order valence-electron chi connectivity index (χ3n) is 3.25. The monoisotopic (exact) mass is 268 g/mol. The number of hydrogen-bond acceptors (Lipinski definition) is 2. The van der Waals surface area contributed by atoms with Crippen molar-refractivity contribution >= 4 is 5.84 Å². The van der Waals surface area contributed by atoms with Gasteiger partial charge in [-0.25, -0.2) is 0 Å². The molecule has 104 valence electrons. The molecule has 0 aliphatic carbocycles. The molecule has 0 radical (unpaired) electrons. The van der Waals surface area contributed by atoms with Gasteiger partial charge in [0.15, 0.2) is 0 Å². The lowest BCUT2D eigenvalue weighted by Gasteiger charge is -2.11. The summed E-state index contributed by atoms with van der Waals surface area (Å²) in [6, 6.07) is 15.7. The van der Waals surface area contributed by atoms with Crippen molar-refractivity contribution in [2.24, 2.45) is 5.73 Å². The molecule has 0 aromatic heterocycles. The first-order chi connectivity index (χ1) is 9.58. The lowest BCUT2D eigenvalue weighted by atomic mass is 10.0. The third kappa shape index (κ3) is 3.38. The fourth-order valence-corrected chi connectivity index (χ4v) is 2.02. The molecule has 0 atom stereocenters. The van der Waals surface area contributed by atoms with Crippen LogP contribution in [0, 0.1) is 5.41 Å². The van der Waals surface area contributed by atoms with E-state index in [1.54, 1.807) is 0 Å². The molecule has 2 rings (SSSR count). The maximum Gasteiger partial charge on any atom is 0.123 e. The van der Waals surface area contributed by atoms with Gasteiger partial charge < -0.3 is 10.5 Å². The van der Waals surface area contributed by atoms with Gasteiger partial charge in [-0.05, 0) is 23.6 Å². The fourth-order valence-electron chi connectivity index (χ4n) is 2.02. The van der Waals surface area contributed by atoms with Crippen molar-refractivity contribution in [1.29, 1.82) is 5.41 Å². The Morgan fingerprint density at radius 1 is 1.10 bits per heavy atom. The zero-order chi connectivity index (χ0) is 14.5. The van der Waals surface area contributed by atoms with Gasteiger partial charge in [0.25, 0.3) is 0 Å². The van der Waals surface area contributed by atoms with E-state index in [0.29, 0.717) is 12.5 Å². The molecular weight excluding hydrogens is 248 g/mol. The average molecular weight is 268 g/mol. The lowest BCUT2D eigenvalue weighted by Crippen LogP contribution is -2.14. The van der Waals surface area contributed by atoms with Crippen LogP contribution in [0.15, 0.2) is 48.5 Å². The maximum absolute atomic E-state index is 7.56. The van der Waals surface area contributed by atoms with Gasteiger partial charge in [-0.3, -0.25) is 5.41 Å². The molecule has 2 aromatic carbocycles. The van der Waals surface area contributed by atoms with Crippen LogP contribution in [0.5, 0.6) is 5.75 Å². The Labute approximate surface area is 119 Å². The van der Waals surface area contributed by atoms with Crippen LogP contribution in [0.1, 0.15) is 36.5 Å². The van der Waals surface area contributed by atoms with Crippen LogP contribution in [0.4, 0.5) is 0 Å². The molecule has 3 N–H and O–H groups in total. The summed E-state index contributed by atoms with van der Waals surface area (Å²) in [4.78, 5) is 0. The minimum atomic E-state index is 0.0688. The first-order valence-electron chi connectivity index (χ1n) is 6.73. The van der Waals surface area contributed by atoms with E-state index in [1.165, 1.54) is 5.56 Å². The number of nitrogens with one attached hydrogen (secondary N) is 1. The van der Waals surface area contributed by atoms with Crippen molar-refractivity contribution in [3.8, 4) is 5.75 Å². The first kappa shape index (κ1) is 14.1. The molecule has 2 aromatic rings. The van der Waals surface area contributed by atoms with E-state index in [4.69, 9.17) is 15.9 Å². The minimum absolute atomic E-state index is 0.0688. The highest BCUT2D eigenvalue weighted by Crippen LogP contribution is 2.20. The number of hydrogen-bond donors (Lipinski definition) is 2. The highest BCUT2D eigenvalue weighted by molar-refractivity contribution is 5.96. The summed E-state index contributed by atoms with van der Waals surface area (Å²) in [6.45, 7) is 4.74. The van der Waals surface area contributed by atoms with Crippen LogP contribution < -0.4 is 10.5 Å². The number of nitrogens with two attached hydrogens (primary N) is 1. The van der Waals surface area contributed by atoms with E-state index in [2.05, 4.69) is 26.0 Å². The number of amidine groups is 1. The number of nitrogen functional groups attached to an aromatic ring is 1. The second-order valence-corrected chi connectivity index (χ2v) is 5.08. The topological polar surface area (TPSA) is 59.1 Å². The molecule has 0 amide bonds. The van der Waals surface area contributed by atoms with Gasteiger partial charge in [0, 0.05) is 11.1 Å². The molecule has 0 unspecified atom stereocenters. The van der Waals surface area contributed by atoms with Gasteiger partial charge in [-0.15, -0.1) is 0 Å². The molecule has 0 saturated heterocycles. The van der Waals surface area contributed by atoms with Crippen molar-refractivity contribution in [3.63, 3.8) is 0 Å². The zero-order valence-corrected chi connectivity index (χ0v) is 11.9. The van der Waals surface area contributed by atoms with Gasteiger partial charge in [0.1, 0.15) is 18.2 Å². The lowest BCUT2D eigenvalue weighted by molar-refractivity contribution is 0.306. The van der Waals surface area contributed by atoms with Crippen LogP contribution in [0.25, 0.3) is 0 Å². The molecular formula is C17H20N2O. The van der Waals surface area contributed by atoms with Crippen molar-refractivity contribution in [1.82, 2.24) is 0 Å². The maximum atomic E-state index is 7.56. The second kappa shape index (κ2) is 6.24. The Hall–Kier alpha value is -2.29. The Morgan fingerprint density at radius 2 is 1.75 bits per heavy atom. The summed E-state index contributed by atoms with van der Waals surface area (Å²) in [5.74, 6) is 1.41. The van der Waals surface area contributed by atoms with Crippen LogP contribution in [-0.2, 0) is 6.61 Å². The summed E-state index contributed by atoms with van der Waals surface area (Å²) in [5, 5.41) is 7.56. The van der Waals surface area contributed by atoms with Gasteiger partial charge in [-0.1, -0.05) is 50.2 Å². The molecule has 0 fully saturated rings. The summed E-state index contributed by atoms with van der Waals surface area (Å²) < 4.78 is 5.77. The molecule has 0 saturated carbocycles. The largest absolute Gasteiger partial charge is 0.489 e. The quantitative estimate of drug-likeness (QED) is 0.642. The van der Waals surface area contributed by atoms with E-state index in [9.17, 15) is 0 Å². The number of benzene rings is 2. The third-order valence-corrected chi connectivity index (χ3v) is 3.25.